The standard InChI is InChI=1S/C17H20N2O5/c1-9-8-19(7-6-11(9)17(22)23)16(21)12-4-3-5-13-14(12)24-10(2)15(20)18-13/h3-5,9-11H,6-8H2,1-2H3,(H,18,20)(H,22,23). The van der Waals surface area contributed by atoms with E-state index in [0.717, 1.165) is 0 Å². The van der Waals surface area contributed by atoms with Crippen LogP contribution in [0.3, 0.4) is 0 Å². The molecule has 0 aromatic heterocycles. The molecule has 2 aliphatic rings. The quantitative estimate of drug-likeness (QED) is 0.857. The lowest BCUT2D eigenvalue weighted by Crippen LogP contribution is -2.45. The van der Waals surface area contributed by atoms with Gasteiger partial charge < -0.3 is 20.1 Å². The first-order valence-corrected chi connectivity index (χ1v) is 8.01. The van der Waals surface area contributed by atoms with Gasteiger partial charge in [-0.1, -0.05) is 13.0 Å². The van der Waals surface area contributed by atoms with Gasteiger partial charge in [0.1, 0.15) is 0 Å². The fourth-order valence-corrected chi connectivity index (χ4v) is 3.26. The lowest BCUT2D eigenvalue weighted by Gasteiger charge is -2.35. The molecular weight excluding hydrogens is 312 g/mol. The molecule has 1 fully saturated rings. The topological polar surface area (TPSA) is 95.9 Å². The maximum atomic E-state index is 12.9. The molecule has 3 rings (SSSR count). The van der Waals surface area contributed by atoms with Crippen LogP contribution in [0.4, 0.5) is 5.69 Å². The van der Waals surface area contributed by atoms with Crippen molar-refractivity contribution in [3.05, 3.63) is 23.8 Å². The number of nitrogens with one attached hydrogen (secondary N) is 1. The van der Waals surface area contributed by atoms with Gasteiger partial charge in [0, 0.05) is 13.1 Å². The number of aliphatic carboxylic acids is 1. The number of piperidine rings is 1. The van der Waals surface area contributed by atoms with Crippen molar-refractivity contribution < 1.29 is 24.2 Å². The zero-order valence-corrected chi connectivity index (χ0v) is 13.6. The number of amides is 2. The minimum absolute atomic E-state index is 0.112. The molecule has 7 nitrogen and oxygen atoms in total. The van der Waals surface area contributed by atoms with Crippen molar-refractivity contribution in [2.75, 3.05) is 18.4 Å². The largest absolute Gasteiger partial charge is 0.481 e. The maximum Gasteiger partial charge on any atom is 0.306 e. The number of benzene rings is 1. The predicted octanol–water partition coefficient (Wildman–Crippen LogP) is 1.59. The number of carbonyl (C=O) groups is 3. The SMILES string of the molecule is CC1Oc2c(cccc2C(=O)N2CCC(C(=O)O)C(C)C2)NC1=O. The molecule has 1 saturated heterocycles. The van der Waals surface area contributed by atoms with E-state index >= 15 is 0 Å². The summed E-state index contributed by atoms with van der Waals surface area (Å²) in [4.78, 5) is 37.4. The number of fused-ring (bicyclic) bond motifs is 1. The van der Waals surface area contributed by atoms with Crippen LogP contribution in [-0.2, 0) is 9.59 Å². The Kier molecular flexibility index (Phi) is 4.17. The molecule has 0 aliphatic carbocycles. The van der Waals surface area contributed by atoms with Gasteiger partial charge in [-0.15, -0.1) is 0 Å². The second kappa shape index (κ2) is 6.14. The molecule has 2 amide bonds. The summed E-state index contributed by atoms with van der Waals surface area (Å²) < 4.78 is 5.62. The van der Waals surface area contributed by atoms with E-state index in [1.54, 1.807) is 30.0 Å². The van der Waals surface area contributed by atoms with Crippen LogP contribution in [-0.4, -0.2) is 47.0 Å². The summed E-state index contributed by atoms with van der Waals surface area (Å²) in [5.74, 6) is -1.42. The van der Waals surface area contributed by atoms with Gasteiger partial charge in [-0.05, 0) is 31.4 Å². The molecule has 2 heterocycles. The van der Waals surface area contributed by atoms with Crippen molar-refractivity contribution in [1.29, 1.82) is 0 Å². The van der Waals surface area contributed by atoms with E-state index in [1.807, 2.05) is 6.92 Å². The molecule has 1 aromatic carbocycles. The van der Waals surface area contributed by atoms with Gasteiger partial charge in [-0.25, -0.2) is 0 Å². The lowest BCUT2D eigenvalue weighted by molar-refractivity contribution is -0.145. The molecule has 1 aromatic rings. The molecule has 0 radical (unpaired) electrons. The highest BCUT2D eigenvalue weighted by molar-refractivity contribution is 6.04. The summed E-state index contributed by atoms with van der Waals surface area (Å²) in [7, 11) is 0. The Labute approximate surface area is 139 Å². The first-order valence-electron chi connectivity index (χ1n) is 8.01. The third-order valence-electron chi connectivity index (χ3n) is 4.68. The number of carboxylic acid groups (broad SMARTS) is 1. The summed E-state index contributed by atoms with van der Waals surface area (Å²) in [5, 5.41) is 11.9. The van der Waals surface area contributed by atoms with Gasteiger partial charge in [-0.2, -0.15) is 0 Å². The van der Waals surface area contributed by atoms with E-state index in [9.17, 15) is 19.5 Å². The minimum atomic E-state index is -0.813. The molecule has 2 N–H and O–H groups in total. The van der Waals surface area contributed by atoms with E-state index in [-0.39, 0.29) is 17.7 Å². The van der Waals surface area contributed by atoms with Crippen molar-refractivity contribution in [2.45, 2.75) is 26.4 Å². The van der Waals surface area contributed by atoms with Gasteiger partial charge in [0.05, 0.1) is 17.2 Å². The Morgan fingerprint density at radius 1 is 1.33 bits per heavy atom. The summed E-state index contributed by atoms with van der Waals surface area (Å²) in [6, 6.07) is 5.05. The molecule has 7 heteroatoms. The van der Waals surface area contributed by atoms with Crippen LogP contribution in [0.25, 0.3) is 0 Å². The van der Waals surface area contributed by atoms with Crippen LogP contribution in [0.15, 0.2) is 18.2 Å². The van der Waals surface area contributed by atoms with E-state index in [4.69, 9.17) is 4.74 Å². The van der Waals surface area contributed by atoms with E-state index in [1.165, 1.54) is 0 Å². The van der Waals surface area contributed by atoms with Crippen molar-refractivity contribution in [2.24, 2.45) is 11.8 Å². The zero-order valence-electron chi connectivity index (χ0n) is 13.6. The van der Waals surface area contributed by atoms with Gasteiger partial charge >= 0.3 is 5.97 Å². The number of rotatable bonds is 2. The van der Waals surface area contributed by atoms with Crippen LogP contribution >= 0.6 is 0 Å². The zero-order chi connectivity index (χ0) is 17.4. The number of hydrogen-bond donors (Lipinski definition) is 2. The molecule has 0 bridgehead atoms. The van der Waals surface area contributed by atoms with Crippen LogP contribution in [0.1, 0.15) is 30.6 Å². The molecule has 2 aliphatic heterocycles. The Balaban J connectivity index is 1.83. The molecular formula is C17H20N2O5. The third kappa shape index (κ3) is 2.81. The Bertz CT molecular complexity index is 702. The average Bonchev–Trinajstić information content (AvgIpc) is 2.54. The van der Waals surface area contributed by atoms with Crippen LogP contribution in [0.5, 0.6) is 5.75 Å². The molecule has 3 atom stereocenters. The van der Waals surface area contributed by atoms with Crippen LogP contribution in [0, 0.1) is 11.8 Å². The summed E-state index contributed by atoms with van der Waals surface area (Å²) in [5.41, 5.74) is 0.873. The fourth-order valence-electron chi connectivity index (χ4n) is 3.26. The van der Waals surface area contributed by atoms with Gasteiger partial charge in [0.25, 0.3) is 11.8 Å². The Hall–Kier alpha value is -2.57. The van der Waals surface area contributed by atoms with Crippen LogP contribution < -0.4 is 10.1 Å². The number of carboxylic acids is 1. The number of carbonyl (C=O) groups excluding carboxylic acids is 2. The van der Waals surface area contributed by atoms with Crippen LogP contribution in [0.2, 0.25) is 0 Å². The van der Waals surface area contributed by atoms with Gasteiger partial charge in [0.15, 0.2) is 11.9 Å². The van der Waals surface area contributed by atoms with E-state index < -0.39 is 18.0 Å². The number of anilines is 1. The van der Waals surface area contributed by atoms with Crippen molar-refractivity contribution in [1.82, 2.24) is 4.90 Å². The average molecular weight is 332 g/mol. The van der Waals surface area contributed by atoms with Crippen molar-refractivity contribution in [3.8, 4) is 5.75 Å². The number of hydrogen-bond acceptors (Lipinski definition) is 4. The third-order valence-corrected chi connectivity index (χ3v) is 4.68. The summed E-state index contributed by atoms with van der Waals surface area (Å²) in [6.07, 6.45) is -0.228. The minimum Gasteiger partial charge on any atom is -0.481 e. The number of nitrogens with zero attached hydrogens (tertiary/aromatic N) is 1. The highest BCUT2D eigenvalue weighted by atomic mass is 16.5. The molecule has 24 heavy (non-hydrogen) atoms. The first kappa shape index (κ1) is 16.3. The highest BCUT2D eigenvalue weighted by Gasteiger charge is 2.35. The second-order valence-electron chi connectivity index (χ2n) is 6.39. The fraction of sp³-hybridized carbons (Fsp3) is 0.471. The lowest BCUT2D eigenvalue weighted by atomic mass is 9.86. The van der Waals surface area contributed by atoms with Crippen molar-refractivity contribution in [3.63, 3.8) is 0 Å². The van der Waals surface area contributed by atoms with Crippen molar-refractivity contribution >= 4 is 23.5 Å². The Morgan fingerprint density at radius 2 is 2.08 bits per heavy atom. The molecule has 0 spiro atoms. The predicted molar refractivity (Wildman–Crippen MR) is 86.0 cm³/mol. The maximum absolute atomic E-state index is 12.9. The highest BCUT2D eigenvalue weighted by Crippen LogP contribution is 2.35. The first-order chi connectivity index (χ1) is 11.4. The number of ether oxygens (including phenoxy) is 1. The molecule has 0 saturated carbocycles. The van der Waals surface area contributed by atoms with Gasteiger partial charge in [0.2, 0.25) is 0 Å². The molecule has 128 valence electrons. The second-order valence-corrected chi connectivity index (χ2v) is 6.39. The normalized spacial score (nSPS) is 26.2. The van der Waals surface area contributed by atoms with Gasteiger partial charge in [-0.3, -0.25) is 14.4 Å². The number of para-hydroxylation sites is 1. The molecule has 3 unspecified atom stereocenters. The summed E-state index contributed by atoms with van der Waals surface area (Å²) >= 11 is 0. The number of likely N-dealkylation sites (tertiary alicyclic amines) is 1. The smallest absolute Gasteiger partial charge is 0.306 e. The Morgan fingerprint density at radius 3 is 2.75 bits per heavy atom. The van der Waals surface area contributed by atoms with E-state index in [0.29, 0.717) is 36.5 Å². The monoisotopic (exact) mass is 332 g/mol. The van der Waals surface area contributed by atoms with E-state index in [2.05, 4.69) is 5.32 Å². The summed E-state index contributed by atoms with van der Waals surface area (Å²) in [6.45, 7) is 4.25.